The van der Waals surface area contributed by atoms with E-state index in [-0.39, 0.29) is 12.5 Å². The highest BCUT2D eigenvalue weighted by Crippen LogP contribution is 2.32. The molecule has 0 radical (unpaired) electrons. The number of aliphatic hydroxyl groups is 1. The van der Waals surface area contributed by atoms with Gasteiger partial charge in [-0.05, 0) is 35.6 Å². The number of methoxy groups -OCH3 is 1. The zero-order valence-corrected chi connectivity index (χ0v) is 11.2. The Morgan fingerprint density at radius 1 is 1.29 bits per heavy atom. The molecule has 0 saturated carbocycles. The van der Waals surface area contributed by atoms with Crippen LogP contribution in [0.25, 0.3) is 0 Å². The van der Waals surface area contributed by atoms with E-state index in [1.165, 1.54) is 5.56 Å². The third kappa shape index (κ3) is 2.99. The van der Waals surface area contributed by atoms with E-state index < -0.39 is 0 Å². The monoisotopic (exact) mass is 237 g/mol. The normalized spacial score (nSPS) is 12.9. The fourth-order valence-electron chi connectivity index (χ4n) is 2.08. The van der Waals surface area contributed by atoms with Crippen LogP contribution in [0, 0.1) is 6.92 Å². The smallest absolute Gasteiger partial charge is 0.122 e. The molecule has 0 fully saturated rings. The summed E-state index contributed by atoms with van der Waals surface area (Å²) < 4.78 is 5.40. The van der Waals surface area contributed by atoms with Gasteiger partial charge in [-0.2, -0.15) is 0 Å². The predicted octanol–water partition coefficient (Wildman–Crippen LogP) is 2.16. The highest BCUT2D eigenvalue weighted by molar-refractivity contribution is 5.45. The van der Waals surface area contributed by atoms with Crippen LogP contribution in [-0.4, -0.2) is 25.4 Å². The molecule has 0 aliphatic carbocycles. The summed E-state index contributed by atoms with van der Waals surface area (Å²) in [7, 11) is 1.69. The maximum atomic E-state index is 9.35. The molecule has 0 aliphatic heterocycles. The molecule has 0 spiro atoms. The van der Waals surface area contributed by atoms with Gasteiger partial charge in [-0.3, -0.25) is 0 Å². The lowest BCUT2D eigenvalue weighted by Crippen LogP contribution is -2.17. The number of hydrogen-bond acceptors (Lipinski definition) is 3. The van der Waals surface area contributed by atoms with Crippen molar-refractivity contribution in [2.24, 2.45) is 5.73 Å². The summed E-state index contributed by atoms with van der Waals surface area (Å²) in [5.41, 5.74) is 9.10. The molecule has 0 saturated heterocycles. The van der Waals surface area contributed by atoms with Crippen molar-refractivity contribution in [3.05, 3.63) is 28.8 Å². The van der Waals surface area contributed by atoms with E-state index in [2.05, 4.69) is 19.9 Å². The second kappa shape index (κ2) is 6.03. The molecule has 17 heavy (non-hydrogen) atoms. The van der Waals surface area contributed by atoms with Gasteiger partial charge in [0, 0.05) is 12.5 Å². The maximum absolute atomic E-state index is 9.35. The van der Waals surface area contributed by atoms with Gasteiger partial charge in [-0.25, -0.2) is 0 Å². The molecule has 3 heteroatoms. The van der Waals surface area contributed by atoms with Gasteiger partial charge in [0.2, 0.25) is 0 Å². The molecule has 1 aromatic rings. The first-order valence-electron chi connectivity index (χ1n) is 6.04. The van der Waals surface area contributed by atoms with E-state index in [1.54, 1.807) is 7.11 Å². The minimum absolute atomic E-state index is 0.0124. The molecule has 1 atom stereocenters. The van der Waals surface area contributed by atoms with E-state index in [9.17, 15) is 5.11 Å². The molecule has 0 bridgehead atoms. The Morgan fingerprint density at radius 2 is 1.94 bits per heavy atom. The Kier molecular flexibility index (Phi) is 4.97. The van der Waals surface area contributed by atoms with E-state index in [4.69, 9.17) is 10.5 Å². The summed E-state index contributed by atoms with van der Waals surface area (Å²) in [6.07, 6.45) is 0. The highest BCUT2D eigenvalue weighted by Gasteiger charge is 2.16. The van der Waals surface area contributed by atoms with Crippen molar-refractivity contribution in [1.82, 2.24) is 0 Å². The van der Waals surface area contributed by atoms with E-state index in [0.29, 0.717) is 12.5 Å². The molecule has 96 valence electrons. The lowest BCUT2D eigenvalue weighted by atomic mass is 9.90. The molecular formula is C14H23NO2. The molecule has 0 aliphatic rings. The quantitative estimate of drug-likeness (QED) is 0.825. The standard InChI is InChI=1S/C14H23NO2/c1-9(2)12-6-13(11(7-15)8-16)10(3)5-14(12)17-4/h5-6,9,11,16H,7-8,15H2,1-4H3. The molecule has 1 rings (SSSR count). The predicted molar refractivity (Wildman–Crippen MR) is 70.7 cm³/mol. The first-order chi connectivity index (χ1) is 8.04. The van der Waals surface area contributed by atoms with Gasteiger partial charge >= 0.3 is 0 Å². The summed E-state index contributed by atoms with van der Waals surface area (Å²) in [4.78, 5) is 0. The van der Waals surface area contributed by atoms with E-state index >= 15 is 0 Å². The van der Waals surface area contributed by atoms with Gasteiger partial charge in [0.15, 0.2) is 0 Å². The van der Waals surface area contributed by atoms with Crippen molar-refractivity contribution in [3.8, 4) is 5.75 Å². The van der Waals surface area contributed by atoms with Crippen molar-refractivity contribution >= 4 is 0 Å². The highest BCUT2D eigenvalue weighted by atomic mass is 16.5. The molecule has 3 nitrogen and oxygen atoms in total. The Labute approximate surface area is 104 Å². The molecule has 1 aromatic carbocycles. The lowest BCUT2D eigenvalue weighted by Gasteiger charge is -2.20. The van der Waals surface area contributed by atoms with Crippen LogP contribution >= 0.6 is 0 Å². The van der Waals surface area contributed by atoms with E-state index in [1.807, 2.05) is 13.0 Å². The van der Waals surface area contributed by atoms with Gasteiger partial charge in [-0.1, -0.05) is 19.9 Å². The maximum Gasteiger partial charge on any atom is 0.122 e. The van der Waals surface area contributed by atoms with Crippen molar-refractivity contribution in [2.45, 2.75) is 32.6 Å². The number of ether oxygens (including phenoxy) is 1. The molecule has 0 aromatic heterocycles. The Balaban J connectivity index is 3.28. The topological polar surface area (TPSA) is 55.5 Å². The number of nitrogens with two attached hydrogens (primary N) is 1. The van der Waals surface area contributed by atoms with Crippen LogP contribution in [0.1, 0.15) is 42.4 Å². The van der Waals surface area contributed by atoms with Crippen LogP contribution in [-0.2, 0) is 0 Å². The van der Waals surface area contributed by atoms with Crippen LogP contribution in [0.5, 0.6) is 5.75 Å². The van der Waals surface area contributed by atoms with Crippen molar-refractivity contribution in [3.63, 3.8) is 0 Å². The van der Waals surface area contributed by atoms with Gasteiger partial charge in [0.05, 0.1) is 13.7 Å². The average molecular weight is 237 g/mol. The van der Waals surface area contributed by atoms with Crippen LogP contribution in [0.3, 0.4) is 0 Å². The van der Waals surface area contributed by atoms with Crippen LogP contribution in [0.15, 0.2) is 12.1 Å². The second-order valence-corrected chi connectivity index (χ2v) is 4.72. The third-order valence-electron chi connectivity index (χ3n) is 3.19. The largest absolute Gasteiger partial charge is 0.496 e. The molecule has 0 amide bonds. The average Bonchev–Trinajstić information content (AvgIpc) is 2.31. The molecule has 1 unspecified atom stereocenters. The summed E-state index contributed by atoms with van der Waals surface area (Å²) in [5.74, 6) is 1.31. The van der Waals surface area contributed by atoms with E-state index in [0.717, 1.165) is 16.9 Å². The SMILES string of the molecule is COc1cc(C)c(C(CN)CO)cc1C(C)C. The van der Waals surface area contributed by atoms with Crippen LogP contribution in [0.2, 0.25) is 0 Å². The lowest BCUT2D eigenvalue weighted by molar-refractivity contribution is 0.267. The van der Waals surface area contributed by atoms with Gasteiger partial charge in [0.1, 0.15) is 5.75 Å². The molecular weight excluding hydrogens is 214 g/mol. The molecule has 3 N–H and O–H groups in total. The Morgan fingerprint density at radius 3 is 2.35 bits per heavy atom. The number of rotatable bonds is 5. The van der Waals surface area contributed by atoms with Crippen LogP contribution < -0.4 is 10.5 Å². The van der Waals surface area contributed by atoms with Crippen molar-refractivity contribution < 1.29 is 9.84 Å². The van der Waals surface area contributed by atoms with Gasteiger partial charge < -0.3 is 15.6 Å². The number of hydrogen-bond donors (Lipinski definition) is 2. The van der Waals surface area contributed by atoms with Gasteiger partial charge in [0.25, 0.3) is 0 Å². The second-order valence-electron chi connectivity index (χ2n) is 4.72. The van der Waals surface area contributed by atoms with Crippen molar-refractivity contribution in [1.29, 1.82) is 0 Å². The van der Waals surface area contributed by atoms with Gasteiger partial charge in [-0.15, -0.1) is 0 Å². The summed E-state index contributed by atoms with van der Waals surface area (Å²) in [6, 6.07) is 4.15. The minimum atomic E-state index is 0.0124. The Bertz CT molecular complexity index is 371. The summed E-state index contributed by atoms with van der Waals surface area (Å²) in [5, 5.41) is 9.35. The summed E-state index contributed by atoms with van der Waals surface area (Å²) in [6.45, 7) is 6.84. The fourth-order valence-corrected chi connectivity index (χ4v) is 2.08. The van der Waals surface area contributed by atoms with Crippen LogP contribution in [0.4, 0.5) is 0 Å². The third-order valence-corrected chi connectivity index (χ3v) is 3.19. The first kappa shape index (κ1) is 14.0. The minimum Gasteiger partial charge on any atom is -0.496 e. The fraction of sp³-hybridized carbons (Fsp3) is 0.571. The number of benzene rings is 1. The number of aliphatic hydroxyl groups excluding tert-OH is 1. The van der Waals surface area contributed by atoms with Crippen molar-refractivity contribution in [2.75, 3.05) is 20.3 Å². The Hall–Kier alpha value is -1.06. The first-order valence-corrected chi connectivity index (χ1v) is 6.04. The zero-order valence-electron chi connectivity index (χ0n) is 11.2. The molecule has 0 heterocycles. The summed E-state index contributed by atoms with van der Waals surface area (Å²) >= 11 is 0. The zero-order chi connectivity index (χ0) is 13.0. The number of aryl methyl sites for hydroxylation is 1.